The van der Waals surface area contributed by atoms with E-state index in [-0.39, 0.29) is 18.7 Å². The summed E-state index contributed by atoms with van der Waals surface area (Å²) in [6, 6.07) is 0.115. The summed E-state index contributed by atoms with van der Waals surface area (Å²) < 4.78 is 5.30. The van der Waals surface area contributed by atoms with Crippen molar-refractivity contribution in [1.82, 2.24) is 10.6 Å². The molecule has 19 heavy (non-hydrogen) atoms. The standard InChI is InChI=1S/C14H26N2O3/c1-2-3-9-19-10-8-15-14(18)16-13-6-4-12(11-17)5-7-13/h2,12-13,17H,1,3-11H2,(H2,15,16,18). The van der Waals surface area contributed by atoms with Gasteiger partial charge in [-0.15, -0.1) is 6.58 Å². The molecule has 0 heterocycles. The summed E-state index contributed by atoms with van der Waals surface area (Å²) in [5, 5.41) is 14.8. The number of hydrogen-bond donors (Lipinski definition) is 3. The summed E-state index contributed by atoms with van der Waals surface area (Å²) in [5.74, 6) is 0.416. The van der Waals surface area contributed by atoms with Gasteiger partial charge in [0.2, 0.25) is 0 Å². The van der Waals surface area contributed by atoms with E-state index >= 15 is 0 Å². The van der Waals surface area contributed by atoms with Gasteiger partial charge in [0, 0.05) is 19.2 Å². The molecule has 1 rings (SSSR count). The number of carbonyl (C=O) groups excluding carboxylic acids is 1. The van der Waals surface area contributed by atoms with Crippen LogP contribution in [0.25, 0.3) is 0 Å². The SMILES string of the molecule is C=CCCOCCNC(=O)NC1CCC(CO)CC1. The van der Waals surface area contributed by atoms with E-state index in [0.717, 1.165) is 32.1 Å². The van der Waals surface area contributed by atoms with Gasteiger partial charge in [0.05, 0.1) is 13.2 Å². The molecule has 5 heteroatoms. The Labute approximate surface area is 115 Å². The number of nitrogens with one attached hydrogen (secondary N) is 2. The minimum atomic E-state index is -0.125. The van der Waals surface area contributed by atoms with Gasteiger partial charge in [0.1, 0.15) is 0 Å². The molecule has 0 bridgehead atoms. The van der Waals surface area contributed by atoms with Crippen LogP contribution < -0.4 is 10.6 Å². The van der Waals surface area contributed by atoms with Gasteiger partial charge in [-0.1, -0.05) is 6.08 Å². The molecular weight excluding hydrogens is 244 g/mol. The summed E-state index contributed by atoms with van der Waals surface area (Å²) in [6.07, 6.45) is 6.53. The molecule has 0 unspecified atom stereocenters. The number of aliphatic hydroxyl groups is 1. The molecular formula is C14H26N2O3. The maximum absolute atomic E-state index is 11.6. The second-order valence-electron chi connectivity index (χ2n) is 4.99. The minimum absolute atomic E-state index is 0.125. The Bertz CT molecular complexity index is 263. The Morgan fingerprint density at radius 2 is 2.05 bits per heavy atom. The van der Waals surface area contributed by atoms with Gasteiger partial charge < -0.3 is 20.5 Å². The van der Waals surface area contributed by atoms with Crippen molar-refractivity contribution in [3.05, 3.63) is 12.7 Å². The molecule has 110 valence electrons. The number of ether oxygens (including phenoxy) is 1. The third kappa shape index (κ3) is 7.18. The monoisotopic (exact) mass is 270 g/mol. The van der Waals surface area contributed by atoms with Crippen LogP contribution in [0.4, 0.5) is 4.79 Å². The summed E-state index contributed by atoms with van der Waals surface area (Å²) >= 11 is 0. The van der Waals surface area contributed by atoms with E-state index in [4.69, 9.17) is 9.84 Å². The minimum Gasteiger partial charge on any atom is -0.396 e. The van der Waals surface area contributed by atoms with Gasteiger partial charge in [-0.2, -0.15) is 0 Å². The molecule has 0 spiro atoms. The number of rotatable bonds is 8. The molecule has 1 aliphatic carbocycles. The van der Waals surface area contributed by atoms with Crippen molar-refractivity contribution in [2.75, 3.05) is 26.4 Å². The van der Waals surface area contributed by atoms with Crippen LogP contribution in [0.1, 0.15) is 32.1 Å². The third-order valence-corrected chi connectivity index (χ3v) is 3.44. The number of hydrogen-bond acceptors (Lipinski definition) is 3. The van der Waals surface area contributed by atoms with Crippen molar-refractivity contribution >= 4 is 6.03 Å². The summed E-state index contributed by atoms with van der Waals surface area (Å²) in [5.41, 5.74) is 0. The first kappa shape index (κ1) is 16.0. The van der Waals surface area contributed by atoms with Gasteiger partial charge in [-0.05, 0) is 38.0 Å². The fourth-order valence-corrected chi connectivity index (χ4v) is 2.23. The van der Waals surface area contributed by atoms with Crippen LogP contribution in [0.3, 0.4) is 0 Å². The second kappa shape index (κ2) is 9.81. The van der Waals surface area contributed by atoms with Crippen LogP contribution in [0.15, 0.2) is 12.7 Å². The highest BCUT2D eigenvalue weighted by molar-refractivity contribution is 5.74. The fraction of sp³-hybridized carbons (Fsp3) is 0.786. The van der Waals surface area contributed by atoms with Crippen molar-refractivity contribution in [2.45, 2.75) is 38.1 Å². The van der Waals surface area contributed by atoms with Crippen molar-refractivity contribution in [3.63, 3.8) is 0 Å². The van der Waals surface area contributed by atoms with Crippen LogP contribution in [-0.2, 0) is 4.74 Å². The van der Waals surface area contributed by atoms with Gasteiger partial charge in [0.25, 0.3) is 0 Å². The lowest BCUT2D eigenvalue weighted by molar-refractivity contribution is 0.140. The highest BCUT2D eigenvalue weighted by Gasteiger charge is 2.21. The molecule has 3 N–H and O–H groups in total. The van der Waals surface area contributed by atoms with E-state index in [1.165, 1.54) is 0 Å². The quantitative estimate of drug-likeness (QED) is 0.461. The third-order valence-electron chi connectivity index (χ3n) is 3.44. The Kier molecular flexibility index (Phi) is 8.25. The van der Waals surface area contributed by atoms with E-state index < -0.39 is 0 Å². The van der Waals surface area contributed by atoms with Crippen molar-refractivity contribution in [3.8, 4) is 0 Å². The fourth-order valence-electron chi connectivity index (χ4n) is 2.23. The zero-order valence-electron chi connectivity index (χ0n) is 11.6. The molecule has 0 aliphatic heterocycles. The lowest BCUT2D eigenvalue weighted by Gasteiger charge is -2.27. The number of amides is 2. The molecule has 2 amide bonds. The lowest BCUT2D eigenvalue weighted by Crippen LogP contribution is -2.44. The van der Waals surface area contributed by atoms with Crippen LogP contribution in [0, 0.1) is 5.92 Å². The van der Waals surface area contributed by atoms with E-state index in [0.29, 0.717) is 25.7 Å². The first-order valence-corrected chi connectivity index (χ1v) is 7.10. The zero-order valence-corrected chi connectivity index (χ0v) is 11.6. The first-order chi connectivity index (χ1) is 9.26. The molecule has 0 saturated heterocycles. The molecule has 1 fully saturated rings. The summed E-state index contributed by atoms with van der Waals surface area (Å²) in [4.78, 5) is 11.6. The normalized spacial score (nSPS) is 22.8. The Morgan fingerprint density at radius 3 is 2.68 bits per heavy atom. The van der Waals surface area contributed by atoms with E-state index in [9.17, 15) is 4.79 Å². The van der Waals surface area contributed by atoms with E-state index in [2.05, 4.69) is 17.2 Å². The second-order valence-corrected chi connectivity index (χ2v) is 4.99. The topological polar surface area (TPSA) is 70.6 Å². The molecule has 0 radical (unpaired) electrons. The highest BCUT2D eigenvalue weighted by Crippen LogP contribution is 2.23. The molecule has 1 saturated carbocycles. The maximum Gasteiger partial charge on any atom is 0.315 e. The molecule has 1 aliphatic rings. The van der Waals surface area contributed by atoms with Gasteiger partial charge in [-0.25, -0.2) is 4.79 Å². The lowest BCUT2D eigenvalue weighted by atomic mass is 9.87. The Balaban J connectivity index is 2.00. The van der Waals surface area contributed by atoms with Gasteiger partial charge in [-0.3, -0.25) is 0 Å². The van der Waals surface area contributed by atoms with Crippen molar-refractivity contribution in [1.29, 1.82) is 0 Å². The van der Waals surface area contributed by atoms with Crippen LogP contribution in [0.5, 0.6) is 0 Å². The maximum atomic E-state index is 11.6. The van der Waals surface area contributed by atoms with Gasteiger partial charge in [0.15, 0.2) is 0 Å². The Hall–Kier alpha value is -1.07. The van der Waals surface area contributed by atoms with Crippen LogP contribution in [0.2, 0.25) is 0 Å². The van der Waals surface area contributed by atoms with Crippen LogP contribution in [-0.4, -0.2) is 43.5 Å². The van der Waals surface area contributed by atoms with E-state index in [1.54, 1.807) is 0 Å². The number of aliphatic hydroxyl groups excluding tert-OH is 1. The largest absolute Gasteiger partial charge is 0.396 e. The van der Waals surface area contributed by atoms with E-state index in [1.807, 2.05) is 6.08 Å². The average molecular weight is 270 g/mol. The average Bonchev–Trinajstić information content (AvgIpc) is 2.43. The first-order valence-electron chi connectivity index (χ1n) is 7.10. The molecule has 0 aromatic carbocycles. The summed E-state index contributed by atoms with van der Waals surface area (Å²) in [7, 11) is 0. The molecule has 5 nitrogen and oxygen atoms in total. The smallest absolute Gasteiger partial charge is 0.315 e. The zero-order chi connectivity index (χ0) is 13.9. The Morgan fingerprint density at radius 1 is 1.32 bits per heavy atom. The molecule has 0 atom stereocenters. The predicted molar refractivity (Wildman–Crippen MR) is 75.0 cm³/mol. The highest BCUT2D eigenvalue weighted by atomic mass is 16.5. The summed E-state index contributed by atoms with van der Waals surface area (Å²) in [6.45, 7) is 5.57. The predicted octanol–water partition coefficient (Wildman–Crippen LogP) is 1.43. The molecule has 0 aromatic heterocycles. The number of carbonyl (C=O) groups is 1. The van der Waals surface area contributed by atoms with Crippen molar-refractivity contribution in [2.24, 2.45) is 5.92 Å². The van der Waals surface area contributed by atoms with Crippen molar-refractivity contribution < 1.29 is 14.6 Å². The number of urea groups is 1. The van der Waals surface area contributed by atoms with Gasteiger partial charge >= 0.3 is 6.03 Å². The van der Waals surface area contributed by atoms with Crippen LogP contribution >= 0.6 is 0 Å². The molecule has 0 aromatic rings.